The molecule has 1 amide bonds. The van der Waals surface area contributed by atoms with Gasteiger partial charge in [-0.3, -0.25) is 4.79 Å². The summed E-state index contributed by atoms with van der Waals surface area (Å²) >= 11 is 0. The Hall–Kier alpha value is -3.22. The number of benzene rings is 2. The molecule has 7 heteroatoms. The van der Waals surface area contributed by atoms with Gasteiger partial charge < -0.3 is 24.3 Å². The molecule has 0 aromatic heterocycles. The van der Waals surface area contributed by atoms with Crippen LogP contribution in [-0.2, 0) is 16.0 Å². The summed E-state index contributed by atoms with van der Waals surface area (Å²) < 4.78 is 21.0. The number of aryl methyl sites for hydroxylation is 1. The van der Waals surface area contributed by atoms with Crippen molar-refractivity contribution in [1.82, 2.24) is 5.32 Å². The van der Waals surface area contributed by atoms with Crippen LogP contribution in [0.1, 0.15) is 40.4 Å². The number of rotatable bonds is 7. The highest BCUT2D eigenvalue weighted by molar-refractivity contribution is 5.95. The Kier molecular flexibility index (Phi) is 6.59. The Bertz CT molecular complexity index is 895. The molecule has 0 radical (unpaired) electrons. The van der Waals surface area contributed by atoms with Gasteiger partial charge in [-0.15, -0.1) is 0 Å². The minimum absolute atomic E-state index is 0.0678. The monoisotopic (exact) mass is 399 g/mol. The Labute approximate surface area is 169 Å². The van der Waals surface area contributed by atoms with Crippen LogP contribution in [0.4, 0.5) is 0 Å². The molecule has 0 saturated heterocycles. The van der Waals surface area contributed by atoms with Crippen molar-refractivity contribution in [3.8, 4) is 17.2 Å². The minimum Gasteiger partial charge on any atom is -0.493 e. The number of esters is 1. The predicted octanol–water partition coefficient (Wildman–Crippen LogP) is 3.06. The zero-order valence-electron chi connectivity index (χ0n) is 16.8. The number of hydrogen-bond acceptors (Lipinski definition) is 6. The molecule has 0 fully saturated rings. The van der Waals surface area contributed by atoms with Gasteiger partial charge in [-0.05, 0) is 42.5 Å². The Balaban J connectivity index is 1.65. The predicted molar refractivity (Wildman–Crippen MR) is 107 cm³/mol. The summed E-state index contributed by atoms with van der Waals surface area (Å²) in [6, 6.07) is 11.1. The SMILES string of the molecule is COc1ccc(C(=O)OCC(=O)N[C@H]2CCCc3ccccc32)c(OC)c1OC. The zero-order valence-corrected chi connectivity index (χ0v) is 16.8. The first kappa shape index (κ1) is 20.5. The molecule has 2 aromatic rings. The molecule has 29 heavy (non-hydrogen) atoms. The van der Waals surface area contributed by atoms with Crippen molar-refractivity contribution in [2.45, 2.75) is 25.3 Å². The highest BCUT2D eigenvalue weighted by Crippen LogP contribution is 2.40. The molecule has 0 spiro atoms. The largest absolute Gasteiger partial charge is 0.493 e. The third kappa shape index (κ3) is 4.45. The Morgan fingerprint density at radius 2 is 1.76 bits per heavy atom. The number of carbonyl (C=O) groups excluding carboxylic acids is 2. The Morgan fingerprint density at radius 1 is 1.00 bits per heavy atom. The lowest BCUT2D eigenvalue weighted by Crippen LogP contribution is -2.34. The highest BCUT2D eigenvalue weighted by atomic mass is 16.5. The van der Waals surface area contributed by atoms with Crippen molar-refractivity contribution in [2.75, 3.05) is 27.9 Å². The third-order valence-electron chi connectivity index (χ3n) is 4.96. The number of fused-ring (bicyclic) bond motifs is 1. The maximum Gasteiger partial charge on any atom is 0.342 e. The van der Waals surface area contributed by atoms with Gasteiger partial charge in [0.2, 0.25) is 5.75 Å². The van der Waals surface area contributed by atoms with Crippen LogP contribution in [-0.4, -0.2) is 39.8 Å². The molecule has 1 aliphatic rings. The average Bonchev–Trinajstić information content (AvgIpc) is 2.76. The van der Waals surface area contributed by atoms with E-state index in [1.807, 2.05) is 18.2 Å². The summed E-state index contributed by atoms with van der Waals surface area (Å²) in [5, 5.41) is 2.96. The molecule has 0 saturated carbocycles. The van der Waals surface area contributed by atoms with Crippen molar-refractivity contribution in [1.29, 1.82) is 0 Å². The van der Waals surface area contributed by atoms with Crippen LogP contribution < -0.4 is 19.5 Å². The first-order valence-electron chi connectivity index (χ1n) is 9.42. The van der Waals surface area contributed by atoms with E-state index in [2.05, 4.69) is 11.4 Å². The minimum atomic E-state index is -0.679. The second kappa shape index (κ2) is 9.32. The van der Waals surface area contributed by atoms with E-state index in [-0.39, 0.29) is 35.6 Å². The summed E-state index contributed by atoms with van der Waals surface area (Å²) in [7, 11) is 4.36. The molecule has 0 aliphatic heterocycles. The molecule has 1 atom stereocenters. The van der Waals surface area contributed by atoms with Gasteiger partial charge in [-0.25, -0.2) is 4.79 Å². The quantitative estimate of drug-likeness (QED) is 0.721. The smallest absolute Gasteiger partial charge is 0.342 e. The van der Waals surface area contributed by atoms with E-state index in [0.717, 1.165) is 24.8 Å². The van der Waals surface area contributed by atoms with E-state index in [0.29, 0.717) is 5.75 Å². The van der Waals surface area contributed by atoms with Crippen molar-refractivity contribution in [3.63, 3.8) is 0 Å². The number of amides is 1. The van der Waals surface area contributed by atoms with Gasteiger partial charge in [0.1, 0.15) is 5.56 Å². The van der Waals surface area contributed by atoms with Crippen LogP contribution in [0.5, 0.6) is 17.2 Å². The van der Waals surface area contributed by atoms with Gasteiger partial charge >= 0.3 is 5.97 Å². The van der Waals surface area contributed by atoms with Gasteiger partial charge in [0, 0.05) is 0 Å². The highest BCUT2D eigenvalue weighted by Gasteiger charge is 2.24. The number of carbonyl (C=O) groups is 2. The molecule has 154 valence electrons. The topological polar surface area (TPSA) is 83.1 Å². The van der Waals surface area contributed by atoms with E-state index in [4.69, 9.17) is 18.9 Å². The van der Waals surface area contributed by atoms with E-state index in [1.54, 1.807) is 6.07 Å². The summed E-state index contributed by atoms with van der Waals surface area (Å²) in [5.74, 6) is -0.123. The fourth-order valence-electron chi connectivity index (χ4n) is 3.61. The molecule has 1 N–H and O–H groups in total. The van der Waals surface area contributed by atoms with Gasteiger partial charge in [-0.2, -0.15) is 0 Å². The molecule has 0 bridgehead atoms. The lowest BCUT2D eigenvalue weighted by molar-refractivity contribution is -0.125. The fraction of sp³-hybridized carbons (Fsp3) is 0.364. The average molecular weight is 399 g/mol. The van der Waals surface area contributed by atoms with Crippen LogP contribution in [0.25, 0.3) is 0 Å². The number of methoxy groups -OCH3 is 3. The van der Waals surface area contributed by atoms with Crippen molar-refractivity contribution < 1.29 is 28.5 Å². The van der Waals surface area contributed by atoms with Crippen LogP contribution in [0.2, 0.25) is 0 Å². The van der Waals surface area contributed by atoms with E-state index in [1.165, 1.54) is 33.0 Å². The van der Waals surface area contributed by atoms with E-state index >= 15 is 0 Å². The van der Waals surface area contributed by atoms with Crippen molar-refractivity contribution >= 4 is 11.9 Å². The molecule has 1 aliphatic carbocycles. The zero-order chi connectivity index (χ0) is 20.8. The maximum absolute atomic E-state index is 12.5. The first-order valence-corrected chi connectivity index (χ1v) is 9.42. The Morgan fingerprint density at radius 3 is 2.48 bits per heavy atom. The summed E-state index contributed by atoms with van der Waals surface area (Å²) in [4.78, 5) is 24.9. The van der Waals surface area contributed by atoms with Gasteiger partial charge in [0.15, 0.2) is 18.1 Å². The van der Waals surface area contributed by atoms with Crippen LogP contribution in [0.3, 0.4) is 0 Å². The second-order valence-electron chi connectivity index (χ2n) is 6.67. The van der Waals surface area contributed by atoms with E-state index in [9.17, 15) is 9.59 Å². The van der Waals surface area contributed by atoms with Gasteiger partial charge in [0.05, 0.1) is 27.4 Å². The molecule has 0 heterocycles. The maximum atomic E-state index is 12.5. The lowest BCUT2D eigenvalue weighted by atomic mass is 9.88. The lowest BCUT2D eigenvalue weighted by Gasteiger charge is -2.26. The van der Waals surface area contributed by atoms with Crippen molar-refractivity contribution in [3.05, 3.63) is 53.1 Å². The molecular formula is C22H25NO6. The summed E-state index contributed by atoms with van der Waals surface area (Å²) in [6.45, 7) is -0.380. The summed E-state index contributed by atoms with van der Waals surface area (Å²) in [5.41, 5.74) is 2.53. The fourth-order valence-corrected chi connectivity index (χ4v) is 3.61. The summed E-state index contributed by atoms with van der Waals surface area (Å²) in [6.07, 6.45) is 2.88. The number of ether oxygens (including phenoxy) is 4. The molecule has 2 aromatic carbocycles. The van der Waals surface area contributed by atoms with Gasteiger partial charge in [0.25, 0.3) is 5.91 Å². The molecular weight excluding hydrogens is 374 g/mol. The third-order valence-corrected chi connectivity index (χ3v) is 4.96. The molecule has 0 unspecified atom stereocenters. The number of hydrogen-bond donors (Lipinski definition) is 1. The standard InChI is InChI=1S/C22H25NO6/c1-26-18-12-11-16(20(27-2)21(18)28-3)22(25)29-13-19(24)23-17-10-6-8-14-7-4-5-9-15(14)17/h4-5,7,9,11-12,17H,6,8,10,13H2,1-3H3,(H,23,24)/t17-/m0/s1. The normalized spacial score (nSPS) is 15.1. The van der Waals surface area contributed by atoms with Gasteiger partial charge in [-0.1, -0.05) is 24.3 Å². The van der Waals surface area contributed by atoms with Crippen LogP contribution in [0, 0.1) is 0 Å². The second-order valence-corrected chi connectivity index (χ2v) is 6.67. The van der Waals surface area contributed by atoms with E-state index < -0.39 is 5.97 Å². The van der Waals surface area contributed by atoms with Crippen molar-refractivity contribution in [2.24, 2.45) is 0 Å². The first-order chi connectivity index (χ1) is 14.1. The number of nitrogens with one attached hydrogen (secondary N) is 1. The van der Waals surface area contributed by atoms with Crippen LogP contribution >= 0.6 is 0 Å². The molecule has 3 rings (SSSR count). The molecule has 7 nitrogen and oxygen atoms in total. The van der Waals surface area contributed by atoms with Crippen LogP contribution in [0.15, 0.2) is 36.4 Å².